The molecule has 0 spiro atoms. The molecule has 10 rings (SSSR count). The van der Waals surface area contributed by atoms with Gasteiger partial charge in [0.2, 0.25) is 40.8 Å². The molecule has 0 aromatic heterocycles. The predicted octanol–water partition coefficient (Wildman–Crippen LogP) is 10.8. The van der Waals surface area contributed by atoms with Crippen LogP contribution in [0.5, 0.6) is 69.0 Å². The van der Waals surface area contributed by atoms with E-state index >= 15 is 0 Å². The molecule has 0 saturated heterocycles. The fourth-order valence-electron chi connectivity index (χ4n) is 10.9. The summed E-state index contributed by atoms with van der Waals surface area (Å²) in [6, 6.07) is 24.9. The molecular weight excluding hydrogens is 1330 g/mol. The third-order valence-electron chi connectivity index (χ3n) is 16.4. The van der Waals surface area contributed by atoms with Gasteiger partial charge in [-0.15, -0.1) is 0 Å². The minimum absolute atomic E-state index is 0.191. The molecule has 6 aromatic rings. The van der Waals surface area contributed by atoms with Gasteiger partial charge in [-0.1, -0.05) is 0 Å². The molecule has 0 radical (unpaired) electrons. The van der Waals surface area contributed by atoms with Crippen molar-refractivity contribution in [3.8, 4) is 69.0 Å². The highest BCUT2D eigenvalue weighted by Crippen LogP contribution is 2.42. The number of cyclic esters (lactones) is 6. The van der Waals surface area contributed by atoms with Crippen LogP contribution in [0.4, 0.5) is 0 Å². The smallest absolute Gasteiger partial charge is 0.309 e. The van der Waals surface area contributed by atoms with Crippen LogP contribution >= 0.6 is 0 Å². The number of carbonyl (C=O) groups is 9. The third kappa shape index (κ3) is 22.4. The van der Waals surface area contributed by atoms with Crippen molar-refractivity contribution in [2.45, 2.75) is 116 Å². The summed E-state index contributed by atoms with van der Waals surface area (Å²) in [5.41, 5.74) is 5.50. The third-order valence-corrected chi connectivity index (χ3v) is 16.4. The number of esters is 6. The van der Waals surface area contributed by atoms with Crippen LogP contribution in [0.2, 0.25) is 0 Å². The van der Waals surface area contributed by atoms with E-state index in [4.69, 9.17) is 85.3 Å². The molecule has 0 unspecified atom stereocenters. The van der Waals surface area contributed by atoms with Crippen LogP contribution in [-0.2, 0) is 76.5 Å². The summed E-state index contributed by atoms with van der Waals surface area (Å²) in [6.07, 6.45) is 6.02. The Morgan fingerprint density at radius 2 is 0.392 bits per heavy atom. The summed E-state index contributed by atoms with van der Waals surface area (Å²) in [5.74, 6) is -1.31. The number of benzene rings is 6. The number of rotatable bonds is 3. The number of hydrogen-bond donors (Lipinski definition) is 0. The fourth-order valence-corrected chi connectivity index (χ4v) is 10.9. The van der Waals surface area contributed by atoms with Crippen LogP contribution in [0.25, 0.3) is 0 Å². The van der Waals surface area contributed by atoms with E-state index < -0.39 is 76.6 Å². The fraction of sp³-hybridized carbons (Fsp3) is 0.400. The van der Waals surface area contributed by atoms with Crippen LogP contribution in [-0.4, -0.2) is 135 Å². The Bertz CT molecular complexity index is 3540. The highest BCUT2D eigenvalue weighted by atomic mass is 16.7. The average molecular weight is 1410 g/mol. The molecule has 27 nitrogen and oxygen atoms in total. The van der Waals surface area contributed by atoms with E-state index in [9.17, 15) is 43.2 Å². The van der Waals surface area contributed by atoms with Gasteiger partial charge in [0.05, 0.1) is 78.2 Å². The zero-order chi connectivity index (χ0) is 71.3. The predicted molar refractivity (Wildman–Crippen MR) is 355 cm³/mol. The molecule has 0 fully saturated rings. The summed E-state index contributed by atoms with van der Waals surface area (Å²) < 4.78 is 106. The first kappa shape index (κ1) is 73.5. The van der Waals surface area contributed by atoms with E-state index in [1.807, 2.05) is 36.4 Å². The van der Waals surface area contributed by atoms with Crippen molar-refractivity contribution in [1.82, 2.24) is 0 Å². The molecule has 0 bridgehead atoms. The quantitative estimate of drug-likeness (QED) is 0.0901. The Hall–Kier alpha value is -11.2. The average Bonchev–Trinajstić information content (AvgIpc) is 1.48. The van der Waals surface area contributed by atoms with Gasteiger partial charge in [0.1, 0.15) is 18.9 Å². The van der Waals surface area contributed by atoms with E-state index in [-0.39, 0.29) is 132 Å². The zero-order valence-electron chi connectivity index (χ0n) is 56.1. The molecule has 6 aromatic carbocycles. The standard InChI is InChI=1S/C75H78O27/c76-40-49-10-13-58-61(28-49)91-43-97-70(79)16-19-73(82)100-46-94-67-37-55-32-53-35-65-69(96-48-102-75(84)21-18-72(81)99-45-93-62-29-50(41-77)11-14-59(62)86-23-5-2-8-26-89-65)39-57(53)33-54-36-66-68(38-56(54)31-52(55)34-64(67)88-25-7-1-4-22-85-58)95-47-101-74(83)20-17-71(80)98-44-92-63-30-51(42-78)12-15-60(63)87-24-6-3-9-27-90-66/h10-15,28-30,34-42H,1-9,16-27,31-33,43-48H2. The molecule has 0 N–H and O–H groups in total. The van der Waals surface area contributed by atoms with Gasteiger partial charge in [-0.2, -0.15) is 0 Å². The Labute approximate surface area is 586 Å². The van der Waals surface area contributed by atoms with Crippen molar-refractivity contribution in [3.05, 3.63) is 141 Å². The molecule has 27 heteroatoms. The second-order valence-corrected chi connectivity index (χ2v) is 23.6. The van der Waals surface area contributed by atoms with Gasteiger partial charge in [0.25, 0.3) is 0 Å². The van der Waals surface area contributed by atoms with Gasteiger partial charge >= 0.3 is 35.8 Å². The summed E-state index contributed by atoms with van der Waals surface area (Å²) in [5, 5.41) is 0. The highest BCUT2D eigenvalue weighted by molar-refractivity contribution is 5.80. The molecule has 1 aliphatic carbocycles. The molecule has 4 aliphatic rings. The van der Waals surface area contributed by atoms with Gasteiger partial charge in [-0.25, -0.2) is 0 Å². The van der Waals surface area contributed by atoms with E-state index in [0.717, 1.165) is 33.4 Å². The monoisotopic (exact) mass is 1410 g/mol. The van der Waals surface area contributed by atoms with Crippen LogP contribution in [0.15, 0.2) is 91.0 Å². The van der Waals surface area contributed by atoms with Crippen molar-refractivity contribution in [3.63, 3.8) is 0 Å². The van der Waals surface area contributed by atoms with E-state index in [1.54, 1.807) is 36.4 Å². The number of ether oxygens (including phenoxy) is 18. The first-order chi connectivity index (χ1) is 49.9. The van der Waals surface area contributed by atoms with Crippen molar-refractivity contribution < 1.29 is 128 Å². The Kier molecular flexibility index (Phi) is 27.6. The molecule has 102 heavy (non-hydrogen) atoms. The second kappa shape index (κ2) is 38.4. The number of carbonyl (C=O) groups excluding carboxylic acids is 9. The lowest BCUT2D eigenvalue weighted by Gasteiger charge is -2.19. The molecule has 3 heterocycles. The lowest BCUT2D eigenvalue weighted by molar-refractivity contribution is -0.157. The molecular formula is C75H78O27. The summed E-state index contributed by atoms with van der Waals surface area (Å²) in [6.45, 7) is -1.75. The molecule has 540 valence electrons. The van der Waals surface area contributed by atoms with Crippen LogP contribution in [0.3, 0.4) is 0 Å². The first-order valence-electron chi connectivity index (χ1n) is 33.6. The molecule has 3 aliphatic heterocycles. The number of fused-ring (bicyclic) bond motifs is 9. The van der Waals surface area contributed by atoms with Crippen molar-refractivity contribution in [1.29, 1.82) is 0 Å². The van der Waals surface area contributed by atoms with Gasteiger partial charge in [0.15, 0.2) is 69.0 Å². The lowest BCUT2D eigenvalue weighted by atomic mass is 9.94. The maximum atomic E-state index is 13.2. The SMILES string of the molecule is O=Cc1ccc2c(c1)OCOC(=O)CCC(=O)OCOc1cc3c(cc1OCCCCCO2)Cc1cc2c(cc1Cc1cc4c(cc1C3)OCCCCCOc1ccc(C=O)cc1OCOC(=O)CCC(=O)OCO4)OCCCCCOc1ccc(C=O)cc1OCOC(=O)CCC(=O)OCO2. The molecule has 0 atom stereocenters. The Morgan fingerprint density at radius 3 is 0.598 bits per heavy atom. The zero-order valence-corrected chi connectivity index (χ0v) is 56.1. The largest absolute Gasteiger partial charge is 0.490 e. The van der Waals surface area contributed by atoms with E-state index in [2.05, 4.69) is 0 Å². The van der Waals surface area contributed by atoms with Gasteiger partial charge in [-0.3, -0.25) is 43.2 Å². The Balaban J connectivity index is 0.978. The van der Waals surface area contributed by atoms with Crippen molar-refractivity contribution in [2.24, 2.45) is 0 Å². The minimum atomic E-state index is -0.760. The minimum Gasteiger partial charge on any atom is -0.490 e. The summed E-state index contributed by atoms with van der Waals surface area (Å²) in [7, 11) is 0. The van der Waals surface area contributed by atoms with Crippen LogP contribution in [0, 0.1) is 0 Å². The second-order valence-electron chi connectivity index (χ2n) is 23.6. The normalized spacial score (nSPS) is 17.3. The molecule has 0 saturated carbocycles. The van der Waals surface area contributed by atoms with Gasteiger partial charge in [0, 0.05) is 16.7 Å². The lowest BCUT2D eigenvalue weighted by Crippen LogP contribution is -2.15. The van der Waals surface area contributed by atoms with Gasteiger partial charge < -0.3 is 85.3 Å². The number of aldehydes is 3. The number of hydrogen-bond acceptors (Lipinski definition) is 27. The van der Waals surface area contributed by atoms with Gasteiger partial charge in [-0.05, 0) is 201 Å². The van der Waals surface area contributed by atoms with E-state index in [1.165, 1.54) is 18.2 Å². The molecule has 0 amide bonds. The summed E-state index contributed by atoms with van der Waals surface area (Å²) in [4.78, 5) is 113. The van der Waals surface area contributed by atoms with Crippen molar-refractivity contribution >= 4 is 54.7 Å². The van der Waals surface area contributed by atoms with Crippen LogP contribution in [0.1, 0.15) is 161 Å². The maximum absolute atomic E-state index is 13.2. The Morgan fingerprint density at radius 1 is 0.206 bits per heavy atom. The highest BCUT2D eigenvalue weighted by Gasteiger charge is 2.26. The first-order valence-corrected chi connectivity index (χ1v) is 33.6. The maximum Gasteiger partial charge on any atom is 0.309 e. The van der Waals surface area contributed by atoms with E-state index in [0.29, 0.717) is 128 Å². The van der Waals surface area contributed by atoms with Crippen molar-refractivity contribution in [2.75, 3.05) is 80.4 Å². The van der Waals surface area contributed by atoms with Crippen LogP contribution < -0.4 is 56.8 Å². The topological polar surface area (TPSA) is 320 Å². The summed E-state index contributed by atoms with van der Waals surface area (Å²) >= 11 is 0.